The van der Waals surface area contributed by atoms with Crippen LogP contribution in [0.3, 0.4) is 0 Å². The Hall–Kier alpha value is -3.22. The Morgan fingerprint density at radius 3 is 2.83 bits per heavy atom. The molecular formula is C19H14BrClN6O2. The lowest BCUT2D eigenvalue weighted by atomic mass is 10.0. The number of carbonyl (C=O) groups excluding carboxylic acids is 2. The van der Waals surface area contributed by atoms with Gasteiger partial charge in [0.1, 0.15) is 10.3 Å². The third kappa shape index (κ3) is 4.13. The van der Waals surface area contributed by atoms with Crippen molar-refractivity contribution in [3.05, 3.63) is 68.5 Å². The van der Waals surface area contributed by atoms with Crippen LogP contribution in [0, 0.1) is 18.3 Å². The molecule has 0 spiro atoms. The smallest absolute Gasteiger partial charge is 0.274 e. The Morgan fingerprint density at radius 1 is 1.34 bits per heavy atom. The van der Waals surface area contributed by atoms with Crippen LogP contribution in [0.25, 0.3) is 5.82 Å². The van der Waals surface area contributed by atoms with Gasteiger partial charge in [0.15, 0.2) is 5.82 Å². The number of amides is 2. The predicted octanol–water partition coefficient (Wildman–Crippen LogP) is 3.48. The molecule has 2 amide bonds. The van der Waals surface area contributed by atoms with E-state index in [1.807, 2.05) is 11.4 Å². The van der Waals surface area contributed by atoms with Gasteiger partial charge in [-0.1, -0.05) is 11.6 Å². The lowest BCUT2D eigenvalue weighted by Gasteiger charge is -2.14. The molecule has 0 aliphatic carbocycles. The highest BCUT2D eigenvalue weighted by molar-refractivity contribution is 9.10. The number of anilines is 1. The van der Waals surface area contributed by atoms with Gasteiger partial charge in [-0.3, -0.25) is 9.59 Å². The normalized spacial score (nSPS) is 12.3. The van der Waals surface area contributed by atoms with Gasteiger partial charge in [0.25, 0.3) is 11.8 Å². The number of nitrogens with one attached hydrogen (secondary N) is 2. The number of rotatable bonds is 4. The highest BCUT2D eigenvalue weighted by atomic mass is 79.9. The summed E-state index contributed by atoms with van der Waals surface area (Å²) in [6.07, 6.45) is 1.49. The van der Waals surface area contributed by atoms with Crippen molar-refractivity contribution >= 4 is 45.0 Å². The summed E-state index contributed by atoms with van der Waals surface area (Å²) in [5, 5.41) is 18.1. The number of benzene rings is 1. The molecule has 2 heterocycles. The number of nitriles is 1. The summed E-state index contributed by atoms with van der Waals surface area (Å²) in [4.78, 5) is 29.8. The average Bonchev–Trinajstić information content (AvgIpc) is 3.09. The number of halogens is 2. The zero-order chi connectivity index (χ0) is 23.6. The number of hydrogen-bond acceptors (Lipinski definition) is 5. The van der Waals surface area contributed by atoms with Crippen LogP contribution >= 0.6 is 27.5 Å². The van der Waals surface area contributed by atoms with Crippen LogP contribution in [-0.4, -0.2) is 33.6 Å². The standard InChI is InChI=1S/C19H14BrClN6O2/c1-10-6-11(9-22)7-12(18(28)23-2)16(10)25-19(29)14-8-15(20)26-27(14)17-13(21)4-3-5-24-17/h3-8H,1-2H3,(H,23,28)(H,25,29)/i2D3. The zero-order valence-electron chi connectivity index (χ0n) is 17.8. The third-order valence-electron chi connectivity index (χ3n) is 3.91. The molecule has 0 aliphatic heterocycles. The molecule has 0 unspecified atom stereocenters. The minimum atomic E-state index is -2.76. The molecule has 3 rings (SSSR count). The van der Waals surface area contributed by atoms with Crippen molar-refractivity contribution in [3.8, 4) is 11.9 Å². The fourth-order valence-electron chi connectivity index (χ4n) is 2.65. The largest absolute Gasteiger partial charge is 0.355 e. The van der Waals surface area contributed by atoms with Gasteiger partial charge in [0.05, 0.1) is 27.9 Å². The minimum Gasteiger partial charge on any atom is -0.355 e. The van der Waals surface area contributed by atoms with E-state index in [0.717, 1.165) is 0 Å². The molecule has 0 bridgehead atoms. The second-order valence-corrected chi connectivity index (χ2v) is 7.03. The Bertz CT molecular complexity index is 1270. The molecular weight excluding hydrogens is 460 g/mol. The van der Waals surface area contributed by atoms with Gasteiger partial charge in [-0.05, 0) is 52.7 Å². The van der Waals surface area contributed by atoms with Crippen LogP contribution in [0.1, 0.15) is 36.1 Å². The first-order chi connectivity index (χ1) is 15.0. The maximum atomic E-state index is 13.1. The van der Waals surface area contributed by atoms with Crippen molar-refractivity contribution in [1.82, 2.24) is 20.1 Å². The minimum absolute atomic E-state index is 0.0448. The maximum absolute atomic E-state index is 13.1. The Balaban J connectivity index is 2.05. The molecule has 0 atom stereocenters. The number of carbonyl (C=O) groups is 2. The summed E-state index contributed by atoms with van der Waals surface area (Å²) in [6, 6.07) is 9.21. The summed E-state index contributed by atoms with van der Waals surface area (Å²) >= 11 is 9.40. The van der Waals surface area contributed by atoms with E-state index in [4.69, 9.17) is 15.7 Å². The molecule has 10 heteroatoms. The van der Waals surface area contributed by atoms with E-state index in [0.29, 0.717) is 10.2 Å². The van der Waals surface area contributed by atoms with Crippen LogP contribution < -0.4 is 10.6 Å². The SMILES string of the molecule is [2H]C([2H])([2H])NC(=O)c1cc(C#N)cc(C)c1NC(=O)c1cc(Br)nn1-c1ncccc1Cl. The van der Waals surface area contributed by atoms with E-state index >= 15 is 0 Å². The molecule has 0 saturated heterocycles. The van der Waals surface area contributed by atoms with Crippen LogP contribution in [0.15, 0.2) is 41.1 Å². The molecule has 3 aromatic rings. The first-order valence-electron chi connectivity index (χ1n) is 9.55. The molecule has 2 aromatic heterocycles. The van der Waals surface area contributed by atoms with E-state index in [9.17, 15) is 14.9 Å². The Labute approximate surface area is 183 Å². The molecule has 2 N–H and O–H groups in total. The molecule has 146 valence electrons. The summed E-state index contributed by atoms with van der Waals surface area (Å²) < 4.78 is 23.4. The van der Waals surface area contributed by atoms with Gasteiger partial charge < -0.3 is 10.6 Å². The molecule has 0 saturated carbocycles. The van der Waals surface area contributed by atoms with Gasteiger partial charge in [-0.15, -0.1) is 0 Å². The quantitative estimate of drug-likeness (QED) is 0.599. The number of hydrogen-bond donors (Lipinski definition) is 2. The van der Waals surface area contributed by atoms with Crippen molar-refractivity contribution in [1.29, 1.82) is 5.26 Å². The predicted molar refractivity (Wildman–Crippen MR) is 111 cm³/mol. The van der Waals surface area contributed by atoms with Gasteiger partial charge in [-0.2, -0.15) is 10.4 Å². The topological polar surface area (TPSA) is 113 Å². The third-order valence-corrected chi connectivity index (χ3v) is 4.60. The second kappa shape index (κ2) is 8.43. The summed E-state index contributed by atoms with van der Waals surface area (Å²) in [5.74, 6) is -1.43. The van der Waals surface area contributed by atoms with Crippen molar-refractivity contribution in [3.63, 3.8) is 0 Å². The van der Waals surface area contributed by atoms with E-state index in [-0.39, 0.29) is 33.3 Å². The lowest BCUT2D eigenvalue weighted by molar-refractivity contribution is 0.0964. The Kier molecular flexibility index (Phi) is 4.85. The van der Waals surface area contributed by atoms with E-state index in [1.165, 1.54) is 29.1 Å². The van der Waals surface area contributed by atoms with Gasteiger partial charge >= 0.3 is 0 Å². The van der Waals surface area contributed by atoms with E-state index in [2.05, 4.69) is 31.3 Å². The summed E-state index contributed by atoms with van der Waals surface area (Å²) in [7, 11) is 0. The maximum Gasteiger partial charge on any atom is 0.274 e. The number of pyridine rings is 1. The van der Waals surface area contributed by atoms with Crippen molar-refractivity contribution in [2.75, 3.05) is 12.3 Å². The Morgan fingerprint density at radius 2 is 2.14 bits per heavy atom. The molecule has 0 fully saturated rings. The number of aromatic nitrogens is 3. The van der Waals surface area contributed by atoms with Gasteiger partial charge in [-0.25, -0.2) is 9.67 Å². The summed E-state index contributed by atoms with van der Waals surface area (Å²) in [5.41, 5.74) is 0.431. The highest BCUT2D eigenvalue weighted by Crippen LogP contribution is 2.26. The molecule has 0 aliphatic rings. The van der Waals surface area contributed by atoms with Crippen molar-refractivity contribution in [2.45, 2.75) is 6.92 Å². The van der Waals surface area contributed by atoms with Gasteiger partial charge in [0, 0.05) is 23.4 Å². The first-order valence-corrected chi connectivity index (χ1v) is 9.22. The van der Waals surface area contributed by atoms with Crippen LogP contribution in [0.4, 0.5) is 5.69 Å². The highest BCUT2D eigenvalue weighted by Gasteiger charge is 2.22. The number of aryl methyl sites for hydroxylation is 1. The van der Waals surface area contributed by atoms with Crippen LogP contribution in [0.2, 0.25) is 5.02 Å². The number of nitrogens with zero attached hydrogens (tertiary/aromatic N) is 4. The second-order valence-electron chi connectivity index (χ2n) is 5.81. The van der Waals surface area contributed by atoms with E-state index < -0.39 is 18.8 Å². The van der Waals surface area contributed by atoms with E-state index in [1.54, 1.807) is 19.1 Å². The monoisotopic (exact) mass is 475 g/mol. The zero-order valence-corrected chi connectivity index (χ0v) is 17.2. The molecule has 29 heavy (non-hydrogen) atoms. The van der Waals surface area contributed by atoms with Crippen molar-refractivity contribution < 1.29 is 13.7 Å². The van der Waals surface area contributed by atoms with Crippen LogP contribution in [0.5, 0.6) is 0 Å². The summed E-state index contributed by atoms with van der Waals surface area (Å²) in [6.45, 7) is -1.18. The fraction of sp³-hybridized carbons (Fsp3) is 0.105. The molecule has 1 aromatic carbocycles. The van der Waals surface area contributed by atoms with Crippen LogP contribution in [-0.2, 0) is 0 Å². The van der Waals surface area contributed by atoms with Gasteiger partial charge in [0.2, 0.25) is 0 Å². The van der Waals surface area contributed by atoms with Crippen molar-refractivity contribution in [2.24, 2.45) is 0 Å². The molecule has 0 radical (unpaired) electrons. The molecule has 8 nitrogen and oxygen atoms in total. The fourth-order valence-corrected chi connectivity index (χ4v) is 3.23. The first kappa shape index (κ1) is 16.7. The lowest BCUT2D eigenvalue weighted by Crippen LogP contribution is -2.24. The average molecular weight is 477 g/mol.